The Hall–Kier alpha value is -2.30. The molecule has 1 amide bonds. The molecule has 0 spiro atoms. The van der Waals surface area contributed by atoms with Gasteiger partial charge in [0.05, 0.1) is 20.1 Å². The van der Waals surface area contributed by atoms with Crippen molar-refractivity contribution in [2.45, 2.75) is 20.3 Å². The molecule has 5 heteroatoms. The lowest BCUT2D eigenvalue weighted by molar-refractivity contribution is -0.141. The van der Waals surface area contributed by atoms with Crippen LogP contribution in [0.2, 0.25) is 0 Å². The molecule has 0 atom stereocenters. The molecule has 0 fully saturated rings. The molecule has 0 unspecified atom stereocenters. The molecule has 1 rings (SSSR count). The van der Waals surface area contributed by atoms with E-state index in [0.29, 0.717) is 19.7 Å². The molecule has 0 aliphatic carbocycles. The molecule has 0 radical (unpaired) electrons. The molecule has 120 valence electrons. The largest absolute Gasteiger partial charge is 0.493 e. The van der Waals surface area contributed by atoms with Gasteiger partial charge in [0.15, 0.2) is 0 Å². The van der Waals surface area contributed by atoms with Crippen LogP contribution in [0.15, 0.2) is 30.3 Å². The smallest absolute Gasteiger partial charge is 0.307 e. The van der Waals surface area contributed by atoms with Crippen molar-refractivity contribution in [1.29, 1.82) is 0 Å². The van der Waals surface area contributed by atoms with Gasteiger partial charge >= 0.3 is 5.97 Å². The lowest BCUT2D eigenvalue weighted by atomic mass is 10.2. The highest BCUT2D eigenvalue weighted by atomic mass is 16.5. The van der Waals surface area contributed by atoms with E-state index in [9.17, 15) is 9.59 Å². The van der Waals surface area contributed by atoms with Crippen LogP contribution >= 0.6 is 0 Å². The molecule has 1 aromatic rings. The SMILES string of the molecule is CCOc1ccccc1C=CC(=O)N(CC)CCC(=O)OC. The van der Waals surface area contributed by atoms with Crippen molar-refractivity contribution in [3.8, 4) is 5.75 Å². The summed E-state index contributed by atoms with van der Waals surface area (Å²) in [6.45, 7) is 5.24. The molecule has 0 aliphatic rings. The van der Waals surface area contributed by atoms with Crippen molar-refractivity contribution in [3.05, 3.63) is 35.9 Å². The summed E-state index contributed by atoms with van der Waals surface area (Å²) in [5, 5.41) is 0. The zero-order valence-electron chi connectivity index (χ0n) is 13.4. The second kappa shape index (κ2) is 9.60. The van der Waals surface area contributed by atoms with Gasteiger partial charge in [-0.25, -0.2) is 0 Å². The number of esters is 1. The summed E-state index contributed by atoms with van der Waals surface area (Å²) in [4.78, 5) is 24.9. The summed E-state index contributed by atoms with van der Waals surface area (Å²) in [5.74, 6) is 0.279. The number of benzene rings is 1. The van der Waals surface area contributed by atoms with E-state index in [0.717, 1.165) is 11.3 Å². The van der Waals surface area contributed by atoms with E-state index < -0.39 is 0 Å². The quantitative estimate of drug-likeness (QED) is 0.547. The van der Waals surface area contributed by atoms with E-state index in [1.165, 1.54) is 13.2 Å². The fraction of sp³-hybridized carbons (Fsp3) is 0.412. The first-order valence-electron chi connectivity index (χ1n) is 7.38. The number of rotatable bonds is 8. The molecule has 0 saturated carbocycles. The molecule has 0 N–H and O–H groups in total. The Balaban J connectivity index is 2.71. The highest BCUT2D eigenvalue weighted by molar-refractivity contribution is 5.92. The second-order valence-electron chi connectivity index (χ2n) is 4.55. The third kappa shape index (κ3) is 5.60. The number of likely N-dealkylation sites (N-methyl/N-ethyl adjacent to an activating group) is 1. The lowest BCUT2D eigenvalue weighted by Gasteiger charge is -2.18. The van der Waals surface area contributed by atoms with Crippen molar-refractivity contribution in [2.24, 2.45) is 0 Å². The Morgan fingerprint density at radius 3 is 2.59 bits per heavy atom. The van der Waals surface area contributed by atoms with E-state index >= 15 is 0 Å². The Bertz CT molecular complexity index is 525. The van der Waals surface area contributed by atoms with Gasteiger partial charge in [-0.05, 0) is 26.0 Å². The maximum atomic E-state index is 12.2. The molecule has 0 saturated heterocycles. The van der Waals surface area contributed by atoms with Crippen LogP contribution in [0.4, 0.5) is 0 Å². The molecular formula is C17H23NO4. The first-order valence-corrected chi connectivity index (χ1v) is 7.38. The third-order valence-corrected chi connectivity index (χ3v) is 3.13. The topological polar surface area (TPSA) is 55.8 Å². The molecule has 0 heterocycles. The number of hydrogen-bond acceptors (Lipinski definition) is 4. The predicted molar refractivity (Wildman–Crippen MR) is 85.5 cm³/mol. The zero-order valence-corrected chi connectivity index (χ0v) is 13.4. The van der Waals surface area contributed by atoms with Gasteiger partial charge in [-0.3, -0.25) is 9.59 Å². The van der Waals surface area contributed by atoms with E-state index in [1.54, 1.807) is 11.0 Å². The van der Waals surface area contributed by atoms with E-state index in [4.69, 9.17) is 4.74 Å². The first kappa shape index (κ1) is 17.8. The van der Waals surface area contributed by atoms with Crippen molar-refractivity contribution >= 4 is 18.0 Å². The maximum Gasteiger partial charge on any atom is 0.307 e. The first-order chi connectivity index (χ1) is 10.6. The van der Waals surface area contributed by atoms with Crippen molar-refractivity contribution in [2.75, 3.05) is 26.8 Å². The van der Waals surface area contributed by atoms with Crippen LogP contribution in [0.5, 0.6) is 5.75 Å². The van der Waals surface area contributed by atoms with Gasteiger partial charge in [0.2, 0.25) is 5.91 Å². The fourth-order valence-electron chi connectivity index (χ4n) is 1.92. The Morgan fingerprint density at radius 1 is 1.23 bits per heavy atom. The van der Waals surface area contributed by atoms with Gasteiger partial charge in [-0.2, -0.15) is 0 Å². The number of hydrogen-bond donors (Lipinski definition) is 0. The van der Waals surface area contributed by atoms with Crippen molar-refractivity contribution < 1.29 is 19.1 Å². The number of methoxy groups -OCH3 is 1. The van der Waals surface area contributed by atoms with Crippen LogP contribution in [-0.2, 0) is 14.3 Å². The van der Waals surface area contributed by atoms with Crippen LogP contribution < -0.4 is 4.74 Å². The molecule has 5 nitrogen and oxygen atoms in total. The minimum atomic E-state index is -0.322. The maximum absolute atomic E-state index is 12.2. The van der Waals surface area contributed by atoms with Crippen LogP contribution in [0, 0.1) is 0 Å². The highest BCUT2D eigenvalue weighted by Crippen LogP contribution is 2.19. The number of nitrogens with zero attached hydrogens (tertiary/aromatic N) is 1. The van der Waals surface area contributed by atoms with Gasteiger partial charge in [-0.15, -0.1) is 0 Å². The summed E-state index contributed by atoms with van der Waals surface area (Å²) >= 11 is 0. The highest BCUT2D eigenvalue weighted by Gasteiger charge is 2.11. The van der Waals surface area contributed by atoms with Crippen molar-refractivity contribution in [3.63, 3.8) is 0 Å². The molecular weight excluding hydrogens is 282 g/mol. The number of para-hydroxylation sites is 1. The number of carbonyl (C=O) groups is 2. The van der Waals surface area contributed by atoms with Gasteiger partial charge in [0, 0.05) is 24.7 Å². The van der Waals surface area contributed by atoms with E-state index in [2.05, 4.69) is 4.74 Å². The van der Waals surface area contributed by atoms with Crippen LogP contribution in [-0.4, -0.2) is 43.6 Å². The van der Waals surface area contributed by atoms with Crippen LogP contribution in [0.3, 0.4) is 0 Å². The molecule has 1 aromatic carbocycles. The minimum absolute atomic E-state index is 0.141. The van der Waals surface area contributed by atoms with Crippen LogP contribution in [0.25, 0.3) is 6.08 Å². The zero-order chi connectivity index (χ0) is 16.4. The van der Waals surface area contributed by atoms with Gasteiger partial charge in [0.25, 0.3) is 0 Å². The number of carbonyl (C=O) groups excluding carboxylic acids is 2. The standard InChI is InChI=1S/C17H23NO4/c1-4-18(13-12-17(20)21-3)16(19)11-10-14-8-6-7-9-15(14)22-5-2/h6-11H,4-5,12-13H2,1-3H3. The Labute approximate surface area is 131 Å². The monoisotopic (exact) mass is 305 g/mol. The second-order valence-corrected chi connectivity index (χ2v) is 4.55. The Kier molecular flexibility index (Phi) is 7.75. The minimum Gasteiger partial charge on any atom is -0.493 e. The third-order valence-electron chi connectivity index (χ3n) is 3.13. The Morgan fingerprint density at radius 2 is 1.95 bits per heavy atom. The normalized spacial score (nSPS) is 10.5. The lowest BCUT2D eigenvalue weighted by Crippen LogP contribution is -2.31. The average Bonchev–Trinajstić information content (AvgIpc) is 2.54. The molecule has 0 aromatic heterocycles. The molecule has 0 aliphatic heterocycles. The summed E-state index contributed by atoms with van der Waals surface area (Å²) in [7, 11) is 1.34. The molecule has 22 heavy (non-hydrogen) atoms. The van der Waals surface area contributed by atoms with E-state index in [1.807, 2.05) is 38.1 Å². The molecule has 0 bridgehead atoms. The van der Waals surface area contributed by atoms with Gasteiger partial charge in [-0.1, -0.05) is 18.2 Å². The predicted octanol–water partition coefficient (Wildman–Crippen LogP) is 2.51. The van der Waals surface area contributed by atoms with Crippen molar-refractivity contribution in [1.82, 2.24) is 4.90 Å². The average molecular weight is 305 g/mol. The summed E-state index contributed by atoms with van der Waals surface area (Å²) in [5.41, 5.74) is 0.849. The number of amides is 1. The summed E-state index contributed by atoms with van der Waals surface area (Å²) < 4.78 is 10.1. The fourth-order valence-corrected chi connectivity index (χ4v) is 1.92. The van der Waals surface area contributed by atoms with Gasteiger partial charge in [0.1, 0.15) is 5.75 Å². The van der Waals surface area contributed by atoms with Gasteiger partial charge < -0.3 is 14.4 Å². The summed E-state index contributed by atoms with van der Waals surface area (Å²) in [6.07, 6.45) is 3.42. The number of ether oxygens (including phenoxy) is 2. The van der Waals surface area contributed by atoms with E-state index in [-0.39, 0.29) is 18.3 Å². The van der Waals surface area contributed by atoms with Crippen LogP contribution in [0.1, 0.15) is 25.8 Å². The summed E-state index contributed by atoms with van der Waals surface area (Å²) in [6, 6.07) is 7.53.